The molecule has 0 radical (unpaired) electrons. The first kappa shape index (κ1) is 21.4. The number of aromatic nitrogens is 1. The number of urea groups is 1. The highest BCUT2D eigenvalue weighted by molar-refractivity contribution is 6.06. The van der Waals surface area contributed by atoms with Crippen molar-refractivity contribution < 1.29 is 14.4 Å². The van der Waals surface area contributed by atoms with Crippen LogP contribution in [0.4, 0.5) is 22.0 Å². The van der Waals surface area contributed by atoms with Gasteiger partial charge in [-0.2, -0.15) is 0 Å². The smallest absolute Gasteiger partial charge is 0.321 e. The number of carbonyl (C=O) groups excluding carboxylic acids is 3. The Bertz CT molecular complexity index is 1080. The predicted molar refractivity (Wildman–Crippen MR) is 127 cm³/mol. The summed E-state index contributed by atoms with van der Waals surface area (Å²) in [6, 6.07) is 9.32. The van der Waals surface area contributed by atoms with Crippen LogP contribution in [0.2, 0.25) is 0 Å². The molecule has 3 heterocycles. The van der Waals surface area contributed by atoms with Crippen LogP contribution < -0.4 is 15.1 Å². The van der Waals surface area contributed by atoms with E-state index < -0.39 is 0 Å². The summed E-state index contributed by atoms with van der Waals surface area (Å²) in [4.78, 5) is 47.7. The lowest BCUT2D eigenvalue weighted by molar-refractivity contribution is -0.117. The Kier molecular flexibility index (Phi) is 5.74. The van der Waals surface area contributed by atoms with E-state index in [4.69, 9.17) is 0 Å². The highest BCUT2D eigenvalue weighted by Crippen LogP contribution is 2.29. The minimum absolute atomic E-state index is 0.0230. The lowest BCUT2D eigenvalue weighted by atomic mass is 10.1. The second-order valence-electron chi connectivity index (χ2n) is 9.08. The van der Waals surface area contributed by atoms with Crippen LogP contribution in [0.25, 0.3) is 0 Å². The number of amides is 4. The summed E-state index contributed by atoms with van der Waals surface area (Å²) in [6.45, 7) is 4.00. The lowest BCUT2D eigenvalue weighted by Gasteiger charge is -2.23. The Balaban J connectivity index is 1.26. The molecule has 0 bridgehead atoms. The van der Waals surface area contributed by atoms with Crippen molar-refractivity contribution in [2.75, 3.05) is 34.8 Å². The molecule has 4 amide bonds. The normalized spacial score (nSPS) is 19.1. The molecular weight excluding hydrogens is 418 g/mol. The minimum atomic E-state index is -0.262. The van der Waals surface area contributed by atoms with Crippen LogP contribution in [0, 0.1) is 6.92 Å². The largest absolute Gasteiger partial charge is 0.326 e. The Morgan fingerprint density at radius 3 is 2.52 bits per heavy atom. The van der Waals surface area contributed by atoms with Gasteiger partial charge in [0, 0.05) is 43.3 Å². The number of hydrogen-bond acceptors (Lipinski definition) is 4. The fourth-order valence-electron chi connectivity index (χ4n) is 5.09. The standard InChI is InChI=1S/C25H29N5O3/c1-17-8-9-18(15-21(17)29-12-4-7-23(29)31)24(32)27-19-10-11-22(26-16-19)30-14-13-28(25(30)33)20-5-2-3-6-20/h8-11,15-16,20H,2-7,12-14H2,1H3,(H,27,32). The molecule has 1 aromatic heterocycles. The van der Waals surface area contributed by atoms with Crippen LogP contribution in [-0.2, 0) is 4.79 Å². The average molecular weight is 448 g/mol. The van der Waals surface area contributed by atoms with Gasteiger partial charge in [-0.05, 0) is 56.0 Å². The van der Waals surface area contributed by atoms with Gasteiger partial charge in [-0.3, -0.25) is 14.5 Å². The molecule has 0 atom stereocenters. The number of anilines is 3. The summed E-state index contributed by atoms with van der Waals surface area (Å²) in [5.74, 6) is 0.434. The summed E-state index contributed by atoms with van der Waals surface area (Å²) < 4.78 is 0. The van der Waals surface area contributed by atoms with Gasteiger partial charge < -0.3 is 15.1 Å². The zero-order chi connectivity index (χ0) is 22.9. The molecule has 172 valence electrons. The molecule has 1 aliphatic carbocycles. The van der Waals surface area contributed by atoms with Gasteiger partial charge >= 0.3 is 6.03 Å². The Morgan fingerprint density at radius 1 is 1.00 bits per heavy atom. The summed E-state index contributed by atoms with van der Waals surface area (Å²) >= 11 is 0. The maximum Gasteiger partial charge on any atom is 0.326 e. The van der Waals surface area contributed by atoms with Gasteiger partial charge in [-0.25, -0.2) is 9.78 Å². The second-order valence-corrected chi connectivity index (χ2v) is 9.08. The molecule has 2 saturated heterocycles. The van der Waals surface area contributed by atoms with Crippen molar-refractivity contribution >= 4 is 35.0 Å². The van der Waals surface area contributed by atoms with Crippen LogP contribution in [0.3, 0.4) is 0 Å². The van der Waals surface area contributed by atoms with Crippen LogP contribution in [0.1, 0.15) is 54.4 Å². The highest BCUT2D eigenvalue weighted by atomic mass is 16.2. The molecule has 2 aliphatic heterocycles. The van der Waals surface area contributed by atoms with Gasteiger partial charge in [-0.15, -0.1) is 0 Å². The molecule has 0 unspecified atom stereocenters. The van der Waals surface area contributed by atoms with Crippen molar-refractivity contribution in [3.63, 3.8) is 0 Å². The first-order valence-corrected chi connectivity index (χ1v) is 11.8. The van der Waals surface area contributed by atoms with Crippen molar-refractivity contribution in [1.82, 2.24) is 9.88 Å². The zero-order valence-corrected chi connectivity index (χ0v) is 18.9. The second kappa shape index (κ2) is 8.84. The van der Waals surface area contributed by atoms with E-state index in [2.05, 4.69) is 10.3 Å². The third-order valence-corrected chi connectivity index (χ3v) is 6.92. The van der Waals surface area contributed by atoms with Crippen molar-refractivity contribution in [2.45, 2.75) is 51.5 Å². The molecule has 8 heteroatoms. The number of hydrogen-bond donors (Lipinski definition) is 1. The van der Waals surface area contributed by atoms with Gasteiger partial charge in [0.05, 0.1) is 11.9 Å². The van der Waals surface area contributed by atoms with Gasteiger partial charge in [0.15, 0.2) is 0 Å². The number of pyridine rings is 1. The fraction of sp³-hybridized carbons (Fsp3) is 0.440. The van der Waals surface area contributed by atoms with E-state index >= 15 is 0 Å². The lowest BCUT2D eigenvalue weighted by Crippen LogP contribution is -2.38. The van der Waals surface area contributed by atoms with Gasteiger partial charge in [0.1, 0.15) is 5.82 Å². The third-order valence-electron chi connectivity index (χ3n) is 6.92. The van der Waals surface area contributed by atoms with Crippen LogP contribution in [0.15, 0.2) is 36.5 Å². The monoisotopic (exact) mass is 447 g/mol. The van der Waals surface area contributed by atoms with Gasteiger partial charge in [-0.1, -0.05) is 18.9 Å². The zero-order valence-electron chi connectivity index (χ0n) is 18.9. The summed E-state index contributed by atoms with van der Waals surface area (Å²) in [7, 11) is 0. The topological polar surface area (TPSA) is 85.8 Å². The first-order valence-electron chi connectivity index (χ1n) is 11.8. The van der Waals surface area contributed by atoms with Gasteiger partial charge in [0.25, 0.3) is 5.91 Å². The van der Waals surface area contributed by atoms with Crippen molar-refractivity contribution in [3.8, 4) is 0 Å². The van der Waals surface area contributed by atoms with E-state index in [1.165, 1.54) is 12.8 Å². The molecular formula is C25H29N5O3. The number of carbonyl (C=O) groups is 3. The third kappa shape index (κ3) is 4.17. The van der Waals surface area contributed by atoms with E-state index in [1.54, 1.807) is 40.3 Å². The molecule has 1 aromatic carbocycles. The summed E-state index contributed by atoms with van der Waals surface area (Å²) in [5.41, 5.74) is 2.80. The molecule has 1 N–H and O–H groups in total. The number of aryl methyl sites for hydroxylation is 1. The Morgan fingerprint density at radius 2 is 1.82 bits per heavy atom. The molecule has 5 rings (SSSR count). The number of rotatable bonds is 5. The molecule has 2 aromatic rings. The number of nitrogens with one attached hydrogen (secondary N) is 1. The van der Waals surface area contributed by atoms with E-state index in [9.17, 15) is 14.4 Å². The number of nitrogens with zero attached hydrogens (tertiary/aromatic N) is 4. The summed E-state index contributed by atoms with van der Waals surface area (Å²) in [5, 5.41) is 2.87. The molecule has 1 saturated carbocycles. The SMILES string of the molecule is Cc1ccc(C(=O)Nc2ccc(N3CCN(C4CCCC4)C3=O)nc2)cc1N1CCCC1=O. The predicted octanol–water partition coefficient (Wildman–Crippen LogP) is 3.95. The maximum atomic E-state index is 12.8. The van der Waals surface area contributed by atoms with Crippen molar-refractivity contribution in [1.29, 1.82) is 0 Å². The fourth-order valence-corrected chi connectivity index (χ4v) is 5.09. The maximum absolute atomic E-state index is 12.8. The highest BCUT2D eigenvalue weighted by Gasteiger charge is 2.36. The van der Waals surface area contributed by atoms with Crippen LogP contribution in [-0.4, -0.2) is 53.4 Å². The van der Waals surface area contributed by atoms with Crippen molar-refractivity contribution in [3.05, 3.63) is 47.7 Å². The minimum Gasteiger partial charge on any atom is -0.321 e. The Labute approximate surface area is 193 Å². The molecule has 8 nitrogen and oxygen atoms in total. The van der Waals surface area contributed by atoms with E-state index in [0.717, 1.165) is 37.1 Å². The van der Waals surface area contributed by atoms with E-state index in [-0.39, 0.29) is 17.8 Å². The van der Waals surface area contributed by atoms with Gasteiger partial charge in [0.2, 0.25) is 5.91 Å². The van der Waals surface area contributed by atoms with Crippen LogP contribution in [0.5, 0.6) is 0 Å². The molecule has 3 fully saturated rings. The first-order chi connectivity index (χ1) is 16.0. The Hall–Kier alpha value is -3.42. The summed E-state index contributed by atoms with van der Waals surface area (Å²) in [6.07, 6.45) is 7.53. The average Bonchev–Trinajstić information content (AvgIpc) is 3.56. The number of benzene rings is 1. The molecule has 0 spiro atoms. The molecule has 33 heavy (non-hydrogen) atoms. The molecule has 3 aliphatic rings. The quantitative estimate of drug-likeness (QED) is 0.752. The van der Waals surface area contributed by atoms with E-state index in [1.807, 2.05) is 17.9 Å². The van der Waals surface area contributed by atoms with E-state index in [0.29, 0.717) is 42.6 Å². The van der Waals surface area contributed by atoms with Crippen molar-refractivity contribution in [2.24, 2.45) is 0 Å². The van der Waals surface area contributed by atoms with Crippen LogP contribution >= 0.6 is 0 Å².